The number of carbonyl (C=O) groups is 1. The maximum Gasteiger partial charge on any atom is 0.271 e. The zero-order valence-corrected chi connectivity index (χ0v) is 20.2. The van der Waals surface area contributed by atoms with E-state index in [-0.39, 0.29) is 16.7 Å². The number of rotatable bonds is 4. The van der Waals surface area contributed by atoms with Gasteiger partial charge in [-0.1, -0.05) is 37.0 Å². The molecule has 0 bridgehead atoms. The van der Waals surface area contributed by atoms with E-state index in [1.807, 2.05) is 25.1 Å². The van der Waals surface area contributed by atoms with Crippen molar-refractivity contribution in [2.75, 3.05) is 4.31 Å². The fraction of sp³-hybridized carbons (Fsp3) is 0.444. The smallest absolute Gasteiger partial charge is 0.271 e. The van der Waals surface area contributed by atoms with Crippen LogP contribution in [0, 0.1) is 19.8 Å². The molecule has 1 aromatic heterocycles. The van der Waals surface area contributed by atoms with Gasteiger partial charge < -0.3 is 4.42 Å². The van der Waals surface area contributed by atoms with Crippen LogP contribution in [0.15, 0.2) is 45.7 Å². The lowest BCUT2D eigenvalue weighted by molar-refractivity contribution is -0.122. The molecular weight excluding hydrogens is 434 g/mol. The Labute approximate surface area is 195 Å². The molecule has 5 nitrogen and oxygen atoms in total. The Morgan fingerprint density at radius 2 is 1.70 bits per heavy atom. The van der Waals surface area contributed by atoms with Crippen molar-refractivity contribution in [3.05, 3.63) is 58.8 Å². The number of hydrogen-bond donors (Lipinski definition) is 0. The Morgan fingerprint density at radius 1 is 0.939 bits per heavy atom. The van der Waals surface area contributed by atoms with Gasteiger partial charge in [-0.15, -0.1) is 0 Å². The van der Waals surface area contributed by atoms with Crippen LogP contribution in [0.2, 0.25) is 0 Å². The molecule has 0 aliphatic heterocycles. The summed E-state index contributed by atoms with van der Waals surface area (Å²) in [7, 11) is -4.07. The summed E-state index contributed by atoms with van der Waals surface area (Å²) < 4.78 is 35.1. The summed E-state index contributed by atoms with van der Waals surface area (Å²) in [5, 5.41) is 0.930. The first-order chi connectivity index (χ1) is 15.9. The lowest BCUT2D eigenvalue weighted by Gasteiger charge is -2.29. The molecule has 1 fully saturated rings. The van der Waals surface area contributed by atoms with Crippen LogP contribution in [-0.4, -0.2) is 14.3 Å². The highest BCUT2D eigenvalue weighted by Crippen LogP contribution is 2.37. The molecule has 0 N–H and O–H groups in total. The summed E-state index contributed by atoms with van der Waals surface area (Å²) in [4.78, 5) is 14.0. The van der Waals surface area contributed by atoms with Gasteiger partial charge in [0.1, 0.15) is 11.3 Å². The fourth-order valence-electron chi connectivity index (χ4n) is 5.46. The number of nitrogens with zero attached hydrogens (tertiary/aromatic N) is 1. The van der Waals surface area contributed by atoms with Gasteiger partial charge in [-0.25, -0.2) is 12.7 Å². The lowest BCUT2D eigenvalue weighted by Crippen LogP contribution is -2.41. The Hall–Kier alpha value is -2.60. The monoisotopic (exact) mass is 465 g/mol. The summed E-state index contributed by atoms with van der Waals surface area (Å²) in [5.41, 5.74) is 3.97. The summed E-state index contributed by atoms with van der Waals surface area (Å²) in [6.07, 6.45) is 8.52. The van der Waals surface area contributed by atoms with Crippen molar-refractivity contribution < 1.29 is 17.6 Å². The van der Waals surface area contributed by atoms with Gasteiger partial charge in [0, 0.05) is 23.3 Å². The molecule has 0 atom stereocenters. The minimum absolute atomic E-state index is 0.187. The van der Waals surface area contributed by atoms with E-state index in [4.69, 9.17) is 4.42 Å². The molecule has 6 heteroatoms. The normalized spacial score (nSPS) is 17.2. The second-order valence-electron chi connectivity index (χ2n) is 9.60. The topological polar surface area (TPSA) is 67.6 Å². The van der Waals surface area contributed by atoms with Crippen molar-refractivity contribution >= 4 is 32.6 Å². The standard InChI is InChI=1S/C27H31NO4S/c1-18-12-15-26(19(2)16-18)33(30,31)28(27(29)20-8-4-3-5-9-20)21-13-14-25-23(17-21)22-10-6-7-11-24(22)32-25/h12-17,20H,3-11H2,1-2H3. The Morgan fingerprint density at radius 3 is 2.45 bits per heavy atom. The van der Waals surface area contributed by atoms with Gasteiger partial charge in [0.25, 0.3) is 10.0 Å². The molecule has 2 aromatic carbocycles. The largest absolute Gasteiger partial charge is 0.461 e. The van der Waals surface area contributed by atoms with Gasteiger partial charge in [-0.3, -0.25) is 4.79 Å². The van der Waals surface area contributed by atoms with E-state index in [1.165, 1.54) is 0 Å². The molecule has 3 aromatic rings. The molecule has 33 heavy (non-hydrogen) atoms. The molecule has 1 heterocycles. The van der Waals surface area contributed by atoms with Gasteiger partial charge in [0.05, 0.1) is 10.6 Å². The second-order valence-corrected chi connectivity index (χ2v) is 11.4. The minimum atomic E-state index is -4.07. The zero-order valence-electron chi connectivity index (χ0n) is 19.4. The van der Waals surface area contributed by atoms with Crippen molar-refractivity contribution in [3.63, 3.8) is 0 Å². The van der Waals surface area contributed by atoms with Crippen LogP contribution in [0.3, 0.4) is 0 Å². The molecule has 0 radical (unpaired) electrons. The molecule has 1 saturated carbocycles. The quantitative estimate of drug-likeness (QED) is 0.458. The van der Waals surface area contributed by atoms with Crippen LogP contribution >= 0.6 is 0 Å². The van der Waals surface area contributed by atoms with Crippen molar-refractivity contribution in [1.29, 1.82) is 0 Å². The van der Waals surface area contributed by atoms with Crippen LogP contribution in [0.4, 0.5) is 5.69 Å². The van der Waals surface area contributed by atoms with Crippen molar-refractivity contribution in [2.45, 2.75) is 76.5 Å². The summed E-state index contributed by atoms with van der Waals surface area (Å²) in [6.45, 7) is 3.73. The van der Waals surface area contributed by atoms with Gasteiger partial charge in [-0.2, -0.15) is 0 Å². The van der Waals surface area contributed by atoms with Crippen LogP contribution in [0.1, 0.15) is 67.4 Å². The molecule has 0 saturated heterocycles. The van der Waals surface area contributed by atoms with Crippen LogP contribution in [-0.2, 0) is 27.7 Å². The Balaban J connectivity index is 1.66. The van der Waals surface area contributed by atoms with Crippen molar-refractivity contribution in [3.8, 4) is 0 Å². The van der Waals surface area contributed by atoms with E-state index >= 15 is 0 Å². The molecule has 1 amide bonds. The van der Waals surface area contributed by atoms with E-state index in [0.29, 0.717) is 11.3 Å². The van der Waals surface area contributed by atoms with Gasteiger partial charge in [0.15, 0.2) is 0 Å². The highest BCUT2D eigenvalue weighted by atomic mass is 32.2. The highest BCUT2D eigenvalue weighted by molar-refractivity contribution is 7.93. The Kier molecular flexibility index (Phi) is 5.81. The van der Waals surface area contributed by atoms with Gasteiger partial charge in [-0.05, 0) is 75.8 Å². The summed E-state index contributed by atoms with van der Waals surface area (Å²) >= 11 is 0. The van der Waals surface area contributed by atoms with Crippen LogP contribution in [0.5, 0.6) is 0 Å². The maximum absolute atomic E-state index is 14.0. The average Bonchev–Trinajstić information content (AvgIpc) is 3.17. The predicted octanol–water partition coefficient (Wildman–Crippen LogP) is 6.23. The van der Waals surface area contributed by atoms with E-state index in [0.717, 1.165) is 89.9 Å². The van der Waals surface area contributed by atoms with Crippen LogP contribution < -0.4 is 4.31 Å². The third kappa shape index (κ3) is 3.99. The molecule has 174 valence electrons. The third-order valence-electron chi connectivity index (χ3n) is 7.18. The van der Waals surface area contributed by atoms with Crippen LogP contribution in [0.25, 0.3) is 11.0 Å². The minimum Gasteiger partial charge on any atom is -0.461 e. The zero-order chi connectivity index (χ0) is 23.2. The number of sulfonamides is 1. The number of hydrogen-bond acceptors (Lipinski definition) is 4. The van der Waals surface area contributed by atoms with E-state index in [1.54, 1.807) is 25.1 Å². The maximum atomic E-state index is 14.0. The molecule has 5 rings (SSSR count). The average molecular weight is 466 g/mol. The van der Waals surface area contributed by atoms with E-state index < -0.39 is 10.0 Å². The predicted molar refractivity (Wildman–Crippen MR) is 130 cm³/mol. The first-order valence-corrected chi connectivity index (χ1v) is 13.5. The number of aryl methyl sites for hydroxylation is 4. The number of benzene rings is 2. The first kappa shape index (κ1) is 22.2. The summed E-state index contributed by atoms with van der Waals surface area (Å²) in [6, 6.07) is 10.7. The SMILES string of the molecule is Cc1ccc(S(=O)(=O)N(C(=O)C2CCCCC2)c2ccc3oc4c(c3c2)CCCC4)c(C)c1. The molecule has 0 spiro atoms. The molecule has 2 aliphatic rings. The molecular formula is C27H31NO4S. The van der Waals surface area contributed by atoms with Crippen molar-refractivity contribution in [2.24, 2.45) is 5.92 Å². The van der Waals surface area contributed by atoms with E-state index in [9.17, 15) is 13.2 Å². The second kappa shape index (κ2) is 8.64. The number of anilines is 1. The van der Waals surface area contributed by atoms with Crippen molar-refractivity contribution in [1.82, 2.24) is 0 Å². The van der Waals surface area contributed by atoms with Gasteiger partial charge in [0.2, 0.25) is 5.91 Å². The fourth-order valence-corrected chi connectivity index (χ4v) is 7.14. The summed E-state index contributed by atoms with van der Waals surface area (Å²) in [5.74, 6) is 0.412. The Bertz CT molecular complexity index is 1320. The lowest BCUT2D eigenvalue weighted by atomic mass is 9.88. The number of furan rings is 1. The molecule has 2 aliphatic carbocycles. The third-order valence-corrected chi connectivity index (χ3v) is 9.06. The van der Waals surface area contributed by atoms with E-state index in [2.05, 4.69) is 0 Å². The first-order valence-electron chi connectivity index (χ1n) is 12.1. The highest BCUT2D eigenvalue weighted by Gasteiger charge is 2.37. The van der Waals surface area contributed by atoms with Gasteiger partial charge >= 0.3 is 0 Å². The molecule has 0 unspecified atom stereocenters. The number of fused-ring (bicyclic) bond motifs is 3. The number of carbonyl (C=O) groups excluding carboxylic acids is 1. The number of amides is 1.